The lowest BCUT2D eigenvalue weighted by Crippen LogP contribution is -2.46. The second kappa shape index (κ2) is 17.8. The van der Waals surface area contributed by atoms with Crippen molar-refractivity contribution in [1.29, 1.82) is 0 Å². The van der Waals surface area contributed by atoms with Gasteiger partial charge in [0.05, 0.1) is 31.3 Å². The zero-order valence-electron chi connectivity index (χ0n) is 30.8. The Balaban J connectivity index is 1.45. The van der Waals surface area contributed by atoms with Gasteiger partial charge in [-0.05, 0) is 100 Å². The Morgan fingerprint density at radius 1 is 0.959 bits per heavy atom. The number of nitrogens with one attached hydrogen (secondary N) is 1. The molecule has 49 heavy (non-hydrogen) atoms. The van der Waals surface area contributed by atoms with Gasteiger partial charge < -0.3 is 33.7 Å². The molecule has 5 rings (SSSR count). The maximum Gasteiger partial charge on any atom is 0.306 e. The molecule has 3 fully saturated rings. The molecule has 2 saturated carbocycles. The summed E-state index contributed by atoms with van der Waals surface area (Å²) in [6, 6.07) is 10.4. The number of para-hydroxylation sites is 1. The van der Waals surface area contributed by atoms with Crippen molar-refractivity contribution in [1.82, 2.24) is 0 Å². The SMILES string of the molecule is CC[C@H]1CCCC[C@@H](C)C(=O)C2=CC3[C@@H]4C[C@H](OC(OC(C)[C@@H](C)OC)[C@H](COC)OC)CC4C[C@H](Nc4ccccc4)[C@H]3[C@@H]2CC(=O)O1. The number of hydrogen-bond donors (Lipinski definition) is 1. The Labute approximate surface area is 294 Å². The molecule has 9 heteroatoms. The van der Waals surface area contributed by atoms with E-state index in [4.69, 9.17) is 28.4 Å². The summed E-state index contributed by atoms with van der Waals surface area (Å²) < 4.78 is 36.2. The van der Waals surface area contributed by atoms with Crippen molar-refractivity contribution in [3.63, 3.8) is 0 Å². The van der Waals surface area contributed by atoms with Gasteiger partial charge in [-0.15, -0.1) is 0 Å². The number of cyclic esters (lactones) is 1. The summed E-state index contributed by atoms with van der Waals surface area (Å²) >= 11 is 0. The van der Waals surface area contributed by atoms with Crippen LogP contribution < -0.4 is 5.32 Å². The first-order chi connectivity index (χ1) is 23.7. The van der Waals surface area contributed by atoms with E-state index in [0.29, 0.717) is 18.4 Å². The van der Waals surface area contributed by atoms with Gasteiger partial charge in [0, 0.05) is 44.9 Å². The molecule has 274 valence electrons. The maximum absolute atomic E-state index is 14.2. The van der Waals surface area contributed by atoms with Gasteiger partial charge in [0.2, 0.25) is 0 Å². The molecule has 1 N–H and O–H groups in total. The van der Waals surface area contributed by atoms with Crippen LogP contribution in [0.5, 0.6) is 0 Å². The highest BCUT2D eigenvalue weighted by atomic mass is 16.7. The highest BCUT2D eigenvalue weighted by molar-refractivity contribution is 5.98. The second-order valence-corrected chi connectivity index (χ2v) is 15.0. The highest BCUT2D eigenvalue weighted by Gasteiger charge is 2.55. The first-order valence-corrected chi connectivity index (χ1v) is 18.8. The van der Waals surface area contributed by atoms with Crippen LogP contribution in [0.15, 0.2) is 42.0 Å². The maximum atomic E-state index is 14.2. The molecule has 4 aliphatic rings. The van der Waals surface area contributed by atoms with Crippen molar-refractivity contribution >= 4 is 17.4 Å². The Hall–Kier alpha value is -2.30. The normalized spacial score (nSPS) is 34.6. The standard InChI is InChI=1S/C40H61NO8/c1-8-29-17-13-12-14-24(2)39(43)34-21-32-31-20-30(49-40(36(46-7)23-44-5)47-26(4)25(3)45-6)18-27(31)19-35(41-28-15-10-9-11-16-28)38(32)33(34)22-37(42)48-29/h9-11,15-16,21,24-27,29-33,35-36,38,40-41H,8,12-14,17-20,22-23H2,1-7H3/t24-,25-,26?,27?,29+,30-,31-,32?,33-,35+,36+,38-,40?/m1/s1. The van der Waals surface area contributed by atoms with Crippen LogP contribution in [0.3, 0.4) is 0 Å². The van der Waals surface area contributed by atoms with Crippen LogP contribution in [0.25, 0.3) is 0 Å². The minimum atomic E-state index is -0.627. The first-order valence-electron chi connectivity index (χ1n) is 18.8. The molecule has 1 aromatic carbocycles. The molecule has 1 saturated heterocycles. The molecule has 3 aliphatic carbocycles. The van der Waals surface area contributed by atoms with Crippen molar-refractivity contribution < 1.29 is 38.0 Å². The van der Waals surface area contributed by atoms with E-state index in [9.17, 15) is 9.59 Å². The lowest BCUT2D eigenvalue weighted by atomic mass is 9.63. The van der Waals surface area contributed by atoms with Gasteiger partial charge in [-0.2, -0.15) is 0 Å². The fourth-order valence-electron chi connectivity index (χ4n) is 9.06. The molecule has 1 heterocycles. The predicted octanol–water partition coefficient (Wildman–Crippen LogP) is 6.99. The molecule has 13 atom stereocenters. The third-order valence-electron chi connectivity index (χ3n) is 12.0. The molecule has 0 radical (unpaired) electrons. The average Bonchev–Trinajstić information content (AvgIpc) is 3.68. The Bertz CT molecular complexity index is 1240. The molecule has 0 bridgehead atoms. The summed E-state index contributed by atoms with van der Waals surface area (Å²) in [6.45, 7) is 8.47. The Morgan fingerprint density at radius 2 is 1.71 bits per heavy atom. The molecule has 4 unspecified atom stereocenters. The number of anilines is 1. The summed E-state index contributed by atoms with van der Waals surface area (Å²) in [5, 5.41) is 3.88. The second-order valence-electron chi connectivity index (χ2n) is 15.0. The van der Waals surface area contributed by atoms with Crippen molar-refractivity contribution in [3.8, 4) is 0 Å². The van der Waals surface area contributed by atoms with Crippen molar-refractivity contribution in [3.05, 3.63) is 42.0 Å². The van der Waals surface area contributed by atoms with Crippen molar-refractivity contribution in [2.75, 3.05) is 33.3 Å². The number of rotatable bonds is 13. The van der Waals surface area contributed by atoms with Crippen LogP contribution in [0.1, 0.15) is 85.5 Å². The van der Waals surface area contributed by atoms with Crippen LogP contribution in [0.4, 0.5) is 5.69 Å². The van der Waals surface area contributed by atoms with E-state index in [1.807, 2.05) is 32.0 Å². The van der Waals surface area contributed by atoms with Crippen LogP contribution >= 0.6 is 0 Å². The quantitative estimate of drug-likeness (QED) is 0.174. The molecule has 9 nitrogen and oxygen atoms in total. The van der Waals surface area contributed by atoms with E-state index >= 15 is 0 Å². The topological polar surface area (TPSA) is 102 Å². The van der Waals surface area contributed by atoms with E-state index < -0.39 is 12.4 Å². The van der Waals surface area contributed by atoms with Gasteiger partial charge in [0.1, 0.15) is 12.2 Å². The summed E-state index contributed by atoms with van der Waals surface area (Å²) in [7, 11) is 4.99. The van der Waals surface area contributed by atoms with Crippen molar-refractivity contribution in [2.24, 2.45) is 35.5 Å². The molecular weight excluding hydrogens is 622 g/mol. The fourth-order valence-corrected chi connectivity index (χ4v) is 9.06. The molecule has 1 aliphatic heterocycles. The van der Waals surface area contributed by atoms with E-state index in [-0.39, 0.29) is 72.3 Å². The zero-order valence-corrected chi connectivity index (χ0v) is 30.8. The van der Waals surface area contributed by atoms with Crippen LogP contribution in [-0.2, 0) is 38.0 Å². The average molecular weight is 684 g/mol. The number of Topliss-reactive ketones (excluding diaryl/α,β-unsaturated/α-hetero) is 1. The largest absolute Gasteiger partial charge is 0.462 e. The molecular formula is C40H61NO8. The number of fused-ring (bicyclic) bond motifs is 5. The minimum Gasteiger partial charge on any atom is -0.462 e. The fraction of sp³-hybridized carbons (Fsp3) is 0.750. The van der Waals surface area contributed by atoms with Crippen molar-refractivity contribution in [2.45, 2.75) is 128 Å². The lowest BCUT2D eigenvalue weighted by molar-refractivity contribution is -0.255. The summed E-state index contributed by atoms with van der Waals surface area (Å²) in [6.07, 6.45) is 8.17. The van der Waals surface area contributed by atoms with Gasteiger partial charge in [-0.1, -0.05) is 44.5 Å². The summed E-state index contributed by atoms with van der Waals surface area (Å²) in [4.78, 5) is 27.8. The summed E-state index contributed by atoms with van der Waals surface area (Å²) in [5.41, 5.74) is 1.91. The minimum absolute atomic E-state index is 0.0504. The van der Waals surface area contributed by atoms with Gasteiger partial charge in [0.25, 0.3) is 0 Å². The number of ketones is 1. The number of carbonyl (C=O) groups is 2. The predicted molar refractivity (Wildman–Crippen MR) is 189 cm³/mol. The molecule has 0 spiro atoms. The lowest BCUT2D eigenvalue weighted by Gasteiger charge is -2.44. The number of hydrogen-bond acceptors (Lipinski definition) is 9. The third-order valence-corrected chi connectivity index (χ3v) is 12.0. The molecule has 0 aromatic heterocycles. The number of esters is 1. The van der Waals surface area contributed by atoms with Gasteiger partial charge in [-0.3, -0.25) is 9.59 Å². The molecule has 0 amide bonds. The van der Waals surface area contributed by atoms with Crippen LogP contribution in [0.2, 0.25) is 0 Å². The number of ether oxygens (including phenoxy) is 6. The Morgan fingerprint density at radius 3 is 2.41 bits per heavy atom. The van der Waals surface area contributed by atoms with Gasteiger partial charge in [-0.25, -0.2) is 0 Å². The van der Waals surface area contributed by atoms with Crippen LogP contribution in [0, 0.1) is 35.5 Å². The number of allylic oxidation sites excluding steroid dienone is 2. The van der Waals surface area contributed by atoms with E-state index in [1.165, 1.54) is 0 Å². The first kappa shape index (κ1) is 37.9. The van der Waals surface area contributed by atoms with E-state index in [1.54, 1.807) is 21.3 Å². The zero-order chi connectivity index (χ0) is 35.1. The van der Waals surface area contributed by atoms with E-state index in [2.05, 4.69) is 37.4 Å². The number of benzene rings is 1. The van der Waals surface area contributed by atoms with Gasteiger partial charge in [0.15, 0.2) is 12.1 Å². The monoisotopic (exact) mass is 683 g/mol. The van der Waals surface area contributed by atoms with Crippen LogP contribution in [-0.4, -0.2) is 82.5 Å². The third kappa shape index (κ3) is 9.14. The summed E-state index contributed by atoms with van der Waals surface area (Å²) in [5.74, 6) is 0.722. The number of methoxy groups -OCH3 is 3. The smallest absolute Gasteiger partial charge is 0.306 e. The Kier molecular flexibility index (Phi) is 13.8. The highest BCUT2D eigenvalue weighted by Crippen LogP contribution is 2.57. The van der Waals surface area contributed by atoms with E-state index in [0.717, 1.165) is 62.6 Å². The molecule has 1 aromatic rings. The number of carbonyl (C=O) groups excluding carboxylic acids is 2. The van der Waals surface area contributed by atoms with Gasteiger partial charge >= 0.3 is 5.97 Å².